The Morgan fingerprint density at radius 2 is 1.81 bits per heavy atom. The molecule has 0 aliphatic heterocycles. The van der Waals surface area contributed by atoms with Crippen LogP contribution in [0.4, 0.5) is 0 Å². The van der Waals surface area contributed by atoms with Crippen molar-refractivity contribution in [1.82, 2.24) is 29.5 Å². The van der Waals surface area contributed by atoms with Gasteiger partial charge in [-0.1, -0.05) is 24.3 Å². The second kappa shape index (κ2) is 6.25. The largest absolute Gasteiger partial charge is 0.306 e. The van der Waals surface area contributed by atoms with Gasteiger partial charge in [-0.05, 0) is 30.7 Å². The van der Waals surface area contributed by atoms with Gasteiger partial charge in [0.1, 0.15) is 0 Å². The lowest BCUT2D eigenvalue weighted by molar-refractivity contribution is 0.650. The lowest BCUT2D eigenvalue weighted by Crippen LogP contribution is -2.07. The molecule has 0 N–H and O–H groups in total. The van der Waals surface area contributed by atoms with Crippen molar-refractivity contribution in [2.45, 2.75) is 13.0 Å². The smallest absolute Gasteiger partial charge is 0.197 e. The normalized spacial score (nSPS) is 12.5. The minimum atomic E-state index is 0.0578. The molecule has 5 aromatic rings. The molecule has 1 atom stereocenters. The zero-order valence-electron chi connectivity index (χ0n) is 14.7. The van der Waals surface area contributed by atoms with Crippen LogP contribution in [0.3, 0.4) is 0 Å². The number of hydrogen-bond acceptors (Lipinski definition) is 5. The quantitative estimate of drug-likeness (QED) is 0.490. The highest BCUT2D eigenvalue weighted by Gasteiger charge is 2.15. The molecule has 27 heavy (non-hydrogen) atoms. The van der Waals surface area contributed by atoms with E-state index in [0.29, 0.717) is 5.65 Å². The van der Waals surface area contributed by atoms with Gasteiger partial charge >= 0.3 is 0 Å². The minimum Gasteiger partial charge on any atom is -0.306 e. The van der Waals surface area contributed by atoms with Crippen molar-refractivity contribution in [2.24, 2.45) is 0 Å². The van der Waals surface area contributed by atoms with E-state index in [1.54, 1.807) is 24.9 Å². The molecule has 0 aliphatic carbocycles. The predicted molar refractivity (Wildman–Crippen MR) is 104 cm³/mol. The van der Waals surface area contributed by atoms with Crippen LogP contribution < -0.4 is 0 Å². The Bertz CT molecular complexity index is 1240. The van der Waals surface area contributed by atoms with Crippen LogP contribution in [0.2, 0.25) is 0 Å². The molecule has 0 aliphatic rings. The van der Waals surface area contributed by atoms with Crippen LogP contribution in [0.1, 0.15) is 18.5 Å². The number of nitrogens with zero attached hydrogens (tertiary/aromatic N) is 6. The van der Waals surface area contributed by atoms with E-state index in [0.717, 1.165) is 33.4 Å². The van der Waals surface area contributed by atoms with Crippen molar-refractivity contribution in [3.8, 4) is 11.3 Å². The van der Waals surface area contributed by atoms with Gasteiger partial charge in [0.05, 0.1) is 29.8 Å². The van der Waals surface area contributed by atoms with Gasteiger partial charge in [0.15, 0.2) is 11.3 Å². The zero-order valence-corrected chi connectivity index (χ0v) is 14.7. The summed E-state index contributed by atoms with van der Waals surface area (Å²) in [6.07, 6.45) is 9.00. The molecule has 0 saturated heterocycles. The van der Waals surface area contributed by atoms with E-state index in [-0.39, 0.29) is 6.04 Å². The summed E-state index contributed by atoms with van der Waals surface area (Å²) in [5.41, 5.74) is 5.24. The van der Waals surface area contributed by atoms with Gasteiger partial charge in [0.25, 0.3) is 0 Å². The summed E-state index contributed by atoms with van der Waals surface area (Å²) in [4.78, 5) is 22.5. The highest BCUT2D eigenvalue weighted by atomic mass is 15.1. The Morgan fingerprint density at radius 3 is 2.70 bits per heavy atom. The van der Waals surface area contributed by atoms with Gasteiger partial charge in [-0.15, -0.1) is 0 Å². The van der Waals surface area contributed by atoms with E-state index in [2.05, 4.69) is 39.0 Å². The molecule has 6 nitrogen and oxygen atoms in total. The van der Waals surface area contributed by atoms with Gasteiger partial charge in [0.2, 0.25) is 0 Å². The van der Waals surface area contributed by atoms with Crippen LogP contribution >= 0.6 is 0 Å². The third kappa shape index (κ3) is 2.62. The van der Waals surface area contributed by atoms with E-state index in [1.165, 1.54) is 0 Å². The number of imidazole rings is 1. The van der Waals surface area contributed by atoms with Gasteiger partial charge < -0.3 is 4.57 Å². The highest BCUT2D eigenvalue weighted by Crippen LogP contribution is 2.28. The number of benzene rings is 1. The molecule has 0 amide bonds. The van der Waals surface area contributed by atoms with Crippen LogP contribution in [-0.4, -0.2) is 29.5 Å². The van der Waals surface area contributed by atoms with Crippen LogP contribution in [-0.2, 0) is 0 Å². The summed E-state index contributed by atoms with van der Waals surface area (Å²) in [5, 5.41) is 1.06. The van der Waals surface area contributed by atoms with Gasteiger partial charge in [-0.25, -0.2) is 15.0 Å². The molecule has 4 aromatic heterocycles. The third-order valence-corrected chi connectivity index (χ3v) is 4.79. The van der Waals surface area contributed by atoms with Gasteiger partial charge in [-0.3, -0.25) is 9.97 Å². The molecule has 0 bridgehead atoms. The first-order valence-electron chi connectivity index (χ1n) is 8.75. The molecule has 130 valence electrons. The summed E-state index contributed by atoms with van der Waals surface area (Å²) < 4.78 is 2.03. The summed E-state index contributed by atoms with van der Waals surface area (Å²) in [6.45, 7) is 2.11. The van der Waals surface area contributed by atoms with Gasteiger partial charge in [-0.2, -0.15) is 0 Å². The van der Waals surface area contributed by atoms with E-state index >= 15 is 0 Å². The van der Waals surface area contributed by atoms with E-state index < -0.39 is 0 Å². The van der Waals surface area contributed by atoms with Crippen molar-refractivity contribution in [2.75, 3.05) is 0 Å². The first kappa shape index (κ1) is 15.6. The average molecular weight is 352 g/mol. The first-order valence-corrected chi connectivity index (χ1v) is 8.75. The van der Waals surface area contributed by atoms with Crippen LogP contribution in [0.5, 0.6) is 0 Å². The van der Waals surface area contributed by atoms with Crippen molar-refractivity contribution in [3.63, 3.8) is 0 Å². The molecular formula is C21H16N6. The predicted octanol–water partition coefficient (Wildman–Crippen LogP) is 4.05. The Morgan fingerprint density at radius 1 is 0.889 bits per heavy atom. The third-order valence-electron chi connectivity index (χ3n) is 4.79. The molecule has 5 rings (SSSR count). The lowest BCUT2D eigenvalue weighted by atomic mass is 10.1. The van der Waals surface area contributed by atoms with Crippen molar-refractivity contribution < 1.29 is 0 Å². The number of fused-ring (bicyclic) bond motifs is 2. The maximum absolute atomic E-state index is 4.89. The fourth-order valence-electron chi connectivity index (χ4n) is 3.33. The molecule has 6 heteroatoms. The average Bonchev–Trinajstić information content (AvgIpc) is 3.16. The Hall–Kier alpha value is -3.67. The number of hydrogen-bond donors (Lipinski definition) is 0. The molecule has 0 radical (unpaired) electrons. The fourth-order valence-corrected chi connectivity index (χ4v) is 3.33. The Kier molecular flexibility index (Phi) is 3.60. The monoisotopic (exact) mass is 352 g/mol. The van der Waals surface area contributed by atoms with Crippen molar-refractivity contribution >= 4 is 22.2 Å². The van der Waals surface area contributed by atoms with E-state index in [1.807, 2.05) is 41.1 Å². The molecular weight excluding hydrogens is 336 g/mol. The van der Waals surface area contributed by atoms with Crippen molar-refractivity contribution in [3.05, 3.63) is 79.1 Å². The molecule has 1 unspecified atom stereocenters. The van der Waals surface area contributed by atoms with Crippen LogP contribution in [0, 0.1) is 0 Å². The summed E-state index contributed by atoms with van der Waals surface area (Å²) in [7, 11) is 0. The SMILES string of the molecule is CC(c1cccnc1)n1cnc2ncc(-c3cccc4ncccc34)nc21. The maximum Gasteiger partial charge on any atom is 0.197 e. The second-order valence-electron chi connectivity index (χ2n) is 6.39. The van der Waals surface area contributed by atoms with Crippen LogP contribution in [0.25, 0.3) is 33.5 Å². The topological polar surface area (TPSA) is 69.4 Å². The molecule has 0 spiro atoms. The second-order valence-corrected chi connectivity index (χ2v) is 6.39. The van der Waals surface area contributed by atoms with E-state index in [4.69, 9.17) is 4.98 Å². The van der Waals surface area contributed by atoms with Crippen molar-refractivity contribution in [1.29, 1.82) is 0 Å². The number of pyridine rings is 2. The van der Waals surface area contributed by atoms with Crippen LogP contribution in [0.15, 0.2) is 73.6 Å². The number of aromatic nitrogens is 6. The lowest BCUT2D eigenvalue weighted by Gasteiger charge is -2.14. The summed E-state index contributed by atoms with van der Waals surface area (Å²) >= 11 is 0. The molecule has 1 aromatic carbocycles. The molecule has 0 saturated carbocycles. The molecule has 0 fully saturated rings. The molecule has 4 heterocycles. The standard InChI is InChI=1S/C21H16N6/c1-14(15-5-3-9-22-11-15)27-13-25-20-21(27)26-19(12-24-20)17-6-2-8-18-16(17)7-4-10-23-18/h2-14H,1H3. The van der Waals surface area contributed by atoms with E-state index in [9.17, 15) is 0 Å². The minimum absolute atomic E-state index is 0.0578. The maximum atomic E-state index is 4.89. The zero-order chi connectivity index (χ0) is 18.2. The summed E-state index contributed by atoms with van der Waals surface area (Å²) in [5.74, 6) is 0. The first-order chi connectivity index (χ1) is 13.3. The Labute approximate surface area is 155 Å². The Balaban J connectivity index is 1.67. The van der Waals surface area contributed by atoms with Gasteiger partial charge in [0, 0.05) is 29.5 Å². The number of rotatable bonds is 3. The highest BCUT2D eigenvalue weighted by molar-refractivity contribution is 5.93. The fraction of sp³-hybridized carbons (Fsp3) is 0.0952. The summed E-state index contributed by atoms with van der Waals surface area (Å²) in [6, 6.07) is 14.1.